The summed E-state index contributed by atoms with van der Waals surface area (Å²) < 4.78 is 14.3. The van der Waals surface area contributed by atoms with Crippen LogP contribution >= 0.6 is 0 Å². The summed E-state index contributed by atoms with van der Waals surface area (Å²) in [6, 6.07) is 19.2. The molecule has 30 heavy (non-hydrogen) atoms. The topological polar surface area (TPSA) is 72.7 Å². The predicted molar refractivity (Wildman–Crippen MR) is 113 cm³/mol. The Morgan fingerprint density at radius 1 is 1.03 bits per heavy atom. The Kier molecular flexibility index (Phi) is 5.70. The quantitative estimate of drug-likeness (QED) is 0.485. The van der Waals surface area contributed by atoms with Gasteiger partial charge in [0.2, 0.25) is 5.95 Å². The van der Waals surface area contributed by atoms with Crippen LogP contribution in [0.1, 0.15) is 15.9 Å². The van der Waals surface area contributed by atoms with E-state index in [4.69, 9.17) is 0 Å². The predicted octanol–water partition coefficient (Wildman–Crippen LogP) is 4.44. The molecule has 0 unspecified atom stereocenters. The van der Waals surface area contributed by atoms with Crippen molar-refractivity contribution in [1.82, 2.24) is 19.7 Å². The maximum atomic E-state index is 13.1. The van der Waals surface area contributed by atoms with Gasteiger partial charge in [-0.05, 0) is 41.5 Å². The Balaban J connectivity index is 1.61. The smallest absolute Gasteiger partial charge is 0.274 e. The molecule has 0 atom stereocenters. The average molecular weight is 399 g/mol. The molecule has 2 aromatic heterocycles. The zero-order chi connectivity index (χ0) is 20.8. The van der Waals surface area contributed by atoms with E-state index in [-0.39, 0.29) is 11.7 Å². The number of hydrogen-bond acceptors (Lipinski definition) is 5. The molecular weight excluding hydrogens is 381 g/mol. The third-order valence-corrected chi connectivity index (χ3v) is 4.32. The number of pyridine rings is 1. The van der Waals surface area contributed by atoms with Crippen LogP contribution in [0.5, 0.6) is 0 Å². The van der Waals surface area contributed by atoms with E-state index in [0.29, 0.717) is 23.9 Å². The lowest BCUT2D eigenvalue weighted by molar-refractivity contribution is 0.0957. The Bertz CT molecular complexity index is 1160. The molecule has 1 N–H and O–H groups in total. The second-order valence-electron chi connectivity index (χ2n) is 6.47. The van der Waals surface area contributed by atoms with E-state index in [1.165, 1.54) is 22.9 Å². The van der Waals surface area contributed by atoms with Crippen LogP contribution in [0.2, 0.25) is 0 Å². The van der Waals surface area contributed by atoms with Gasteiger partial charge in [0.05, 0.1) is 0 Å². The van der Waals surface area contributed by atoms with Crippen molar-refractivity contribution in [2.75, 3.05) is 5.32 Å². The molecule has 148 valence electrons. The highest BCUT2D eigenvalue weighted by molar-refractivity contribution is 5.94. The van der Waals surface area contributed by atoms with Gasteiger partial charge in [0.15, 0.2) is 5.82 Å². The van der Waals surface area contributed by atoms with Crippen LogP contribution in [0.3, 0.4) is 0 Å². The van der Waals surface area contributed by atoms with Gasteiger partial charge in [0, 0.05) is 30.6 Å². The number of aromatic nitrogens is 4. The summed E-state index contributed by atoms with van der Waals surface area (Å²) in [5, 5.41) is 7.47. The molecule has 0 fully saturated rings. The zero-order valence-electron chi connectivity index (χ0n) is 15.9. The van der Waals surface area contributed by atoms with E-state index in [1.54, 1.807) is 36.7 Å². The SMILES string of the molecule is O=C(C=Cc1ccccc1)n1nc(-c2cccnc2)nc1NCc1ccc(F)cc1. The highest BCUT2D eigenvalue weighted by atomic mass is 19.1. The maximum Gasteiger partial charge on any atom is 0.274 e. The van der Waals surface area contributed by atoms with Gasteiger partial charge in [-0.2, -0.15) is 9.67 Å². The number of hydrogen-bond donors (Lipinski definition) is 1. The van der Waals surface area contributed by atoms with Gasteiger partial charge < -0.3 is 5.32 Å². The van der Waals surface area contributed by atoms with Crippen molar-refractivity contribution in [2.24, 2.45) is 0 Å². The number of halogens is 1. The van der Waals surface area contributed by atoms with E-state index in [0.717, 1.165) is 11.1 Å². The summed E-state index contributed by atoms with van der Waals surface area (Å²) in [5.41, 5.74) is 2.45. The molecule has 0 aliphatic heterocycles. The number of benzene rings is 2. The van der Waals surface area contributed by atoms with E-state index < -0.39 is 0 Å². The minimum absolute atomic E-state index is 0.292. The number of anilines is 1. The molecule has 2 heterocycles. The molecule has 2 aromatic carbocycles. The summed E-state index contributed by atoms with van der Waals surface area (Å²) in [6.07, 6.45) is 6.45. The lowest BCUT2D eigenvalue weighted by Crippen LogP contribution is -2.14. The summed E-state index contributed by atoms with van der Waals surface area (Å²) in [5.74, 6) is 0.0252. The molecule has 0 radical (unpaired) electrons. The Morgan fingerprint density at radius 3 is 2.57 bits per heavy atom. The van der Waals surface area contributed by atoms with Crippen molar-refractivity contribution in [1.29, 1.82) is 0 Å². The first-order valence-electron chi connectivity index (χ1n) is 9.32. The van der Waals surface area contributed by atoms with Crippen LogP contribution in [0, 0.1) is 5.82 Å². The summed E-state index contributed by atoms with van der Waals surface area (Å²) in [6.45, 7) is 0.362. The molecule has 0 saturated heterocycles. The van der Waals surface area contributed by atoms with Crippen LogP contribution in [-0.2, 0) is 6.54 Å². The minimum atomic E-state index is -0.344. The van der Waals surface area contributed by atoms with Crippen molar-refractivity contribution in [3.63, 3.8) is 0 Å². The van der Waals surface area contributed by atoms with Crippen molar-refractivity contribution in [2.45, 2.75) is 6.54 Å². The molecule has 7 heteroatoms. The van der Waals surface area contributed by atoms with E-state index in [2.05, 4.69) is 20.4 Å². The monoisotopic (exact) mass is 399 g/mol. The molecule has 6 nitrogen and oxygen atoms in total. The molecule has 0 bridgehead atoms. The number of rotatable bonds is 6. The van der Waals surface area contributed by atoms with Crippen LogP contribution in [0.15, 0.2) is 85.2 Å². The van der Waals surface area contributed by atoms with Crippen molar-refractivity contribution in [3.05, 3.63) is 102 Å². The molecule has 0 saturated carbocycles. The maximum absolute atomic E-state index is 13.1. The highest BCUT2D eigenvalue weighted by Crippen LogP contribution is 2.18. The second-order valence-corrected chi connectivity index (χ2v) is 6.47. The molecule has 0 spiro atoms. The van der Waals surface area contributed by atoms with Gasteiger partial charge >= 0.3 is 0 Å². The molecular formula is C23H18FN5O. The van der Waals surface area contributed by atoms with Crippen molar-refractivity contribution < 1.29 is 9.18 Å². The first kappa shape index (κ1) is 19.2. The van der Waals surface area contributed by atoms with Gasteiger partial charge in [0.1, 0.15) is 5.82 Å². The number of nitrogens with one attached hydrogen (secondary N) is 1. The lowest BCUT2D eigenvalue weighted by Gasteiger charge is -2.06. The number of carbonyl (C=O) groups excluding carboxylic acids is 1. The summed E-state index contributed by atoms with van der Waals surface area (Å²) in [4.78, 5) is 21.3. The molecule has 0 amide bonds. The summed E-state index contributed by atoms with van der Waals surface area (Å²) >= 11 is 0. The summed E-state index contributed by atoms with van der Waals surface area (Å²) in [7, 11) is 0. The molecule has 4 rings (SSSR count). The zero-order valence-corrected chi connectivity index (χ0v) is 15.9. The number of carbonyl (C=O) groups is 1. The fraction of sp³-hybridized carbons (Fsp3) is 0.0435. The van der Waals surface area contributed by atoms with Crippen LogP contribution < -0.4 is 5.32 Å². The minimum Gasteiger partial charge on any atom is -0.350 e. The van der Waals surface area contributed by atoms with Crippen LogP contribution in [0.25, 0.3) is 17.5 Å². The lowest BCUT2D eigenvalue weighted by atomic mass is 10.2. The van der Waals surface area contributed by atoms with Gasteiger partial charge in [-0.3, -0.25) is 9.78 Å². The van der Waals surface area contributed by atoms with E-state index in [1.807, 2.05) is 36.4 Å². The average Bonchev–Trinajstić information content (AvgIpc) is 3.23. The molecule has 0 aliphatic rings. The third-order valence-electron chi connectivity index (χ3n) is 4.32. The largest absolute Gasteiger partial charge is 0.350 e. The molecule has 4 aromatic rings. The number of nitrogens with zero attached hydrogens (tertiary/aromatic N) is 4. The van der Waals surface area contributed by atoms with Gasteiger partial charge in [0.25, 0.3) is 5.91 Å². The standard InChI is InChI=1S/C23H18FN5O/c24-20-11-8-18(9-12-20)15-26-23-27-22(19-7-4-14-25-16-19)28-29(23)21(30)13-10-17-5-2-1-3-6-17/h1-14,16H,15H2,(H,26,27,28). The Hall–Kier alpha value is -4.13. The Labute approximate surface area is 172 Å². The van der Waals surface area contributed by atoms with Crippen LogP contribution in [-0.4, -0.2) is 25.7 Å². The van der Waals surface area contributed by atoms with E-state index >= 15 is 0 Å². The fourth-order valence-corrected chi connectivity index (χ4v) is 2.78. The second kappa shape index (κ2) is 8.91. The van der Waals surface area contributed by atoms with Crippen molar-refractivity contribution in [3.8, 4) is 11.4 Å². The number of allylic oxidation sites excluding steroid dienone is 1. The highest BCUT2D eigenvalue weighted by Gasteiger charge is 2.15. The normalized spacial score (nSPS) is 11.0. The fourth-order valence-electron chi connectivity index (χ4n) is 2.78. The first-order chi connectivity index (χ1) is 14.7. The van der Waals surface area contributed by atoms with Gasteiger partial charge in [-0.15, -0.1) is 5.10 Å². The third kappa shape index (κ3) is 4.64. The van der Waals surface area contributed by atoms with Gasteiger partial charge in [-0.25, -0.2) is 4.39 Å². The van der Waals surface area contributed by atoms with Gasteiger partial charge in [-0.1, -0.05) is 42.5 Å². The van der Waals surface area contributed by atoms with Crippen LogP contribution in [0.4, 0.5) is 10.3 Å². The Morgan fingerprint density at radius 2 is 1.83 bits per heavy atom. The van der Waals surface area contributed by atoms with E-state index in [9.17, 15) is 9.18 Å². The first-order valence-corrected chi connectivity index (χ1v) is 9.32. The molecule has 0 aliphatic carbocycles. The van der Waals surface area contributed by atoms with Crippen molar-refractivity contribution >= 4 is 17.9 Å².